The molecule has 0 saturated heterocycles. The Morgan fingerprint density at radius 1 is 1.19 bits per heavy atom. The van der Waals surface area contributed by atoms with Crippen LogP contribution in [0.2, 0.25) is 5.02 Å². The number of methoxy groups -OCH3 is 2. The largest absolute Gasteiger partial charge is 0.483 e. The van der Waals surface area contributed by atoms with E-state index < -0.39 is 0 Å². The molecule has 1 aliphatic heterocycles. The maximum Gasteiger partial charge on any atom is 0.209 e. The Balaban J connectivity index is 0.000000187. The van der Waals surface area contributed by atoms with E-state index in [1.54, 1.807) is 26.5 Å². The number of fused-ring (bicyclic) bond motifs is 1. The lowest BCUT2D eigenvalue weighted by atomic mass is 10.0. The van der Waals surface area contributed by atoms with E-state index in [1.807, 2.05) is 19.1 Å². The third-order valence-electron chi connectivity index (χ3n) is 3.97. The van der Waals surface area contributed by atoms with Crippen LogP contribution in [-0.4, -0.2) is 43.6 Å². The molecule has 1 unspecified atom stereocenters. The zero-order valence-electron chi connectivity index (χ0n) is 15.6. The minimum atomic E-state index is 0.00806. The maximum absolute atomic E-state index is 6.06. The van der Waals surface area contributed by atoms with Gasteiger partial charge in [0.15, 0.2) is 0 Å². The molecule has 1 aromatic heterocycles. The quantitative estimate of drug-likeness (QED) is 0.622. The summed E-state index contributed by atoms with van der Waals surface area (Å²) < 4.78 is 11.2. The first kappa shape index (κ1) is 20.6. The summed E-state index contributed by atoms with van der Waals surface area (Å²) in [5.41, 5.74) is 2.10. The van der Waals surface area contributed by atoms with Gasteiger partial charge in [0, 0.05) is 16.1 Å². The lowest BCUT2D eigenvalue weighted by Crippen LogP contribution is -2.32. The van der Waals surface area contributed by atoms with Gasteiger partial charge in [-0.05, 0) is 30.5 Å². The minimum absolute atomic E-state index is 0.00806. The molecule has 0 amide bonds. The third-order valence-corrected chi connectivity index (χ3v) is 4.95. The molecule has 0 fully saturated rings. The van der Waals surface area contributed by atoms with Gasteiger partial charge in [0.2, 0.25) is 11.8 Å². The van der Waals surface area contributed by atoms with Crippen LogP contribution in [0.5, 0.6) is 0 Å². The van der Waals surface area contributed by atoms with Gasteiger partial charge in [-0.15, -0.1) is 0 Å². The first-order valence-electron chi connectivity index (χ1n) is 8.27. The van der Waals surface area contributed by atoms with E-state index in [9.17, 15) is 0 Å². The second kappa shape index (κ2) is 9.33. The molecule has 0 aliphatic carbocycles. The molecule has 7 heteroatoms. The van der Waals surface area contributed by atoms with Gasteiger partial charge < -0.3 is 9.47 Å². The molecule has 0 bridgehead atoms. The molecule has 1 aromatic carbocycles. The molecular formula is C19H23BrClN3O2. The van der Waals surface area contributed by atoms with E-state index in [0.717, 1.165) is 26.0 Å². The smallest absolute Gasteiger partial charge is 0.209 e. The van der Waals surface area contributed by atoms with Crippen molar-refractivity contribution in [2.75, 3.05) is 20.8 Å². The van der Waals surface area contributed by atoms with E-state index in [0.29, 0.717) is 24.3 Å². The predicted molar refractivity (Wildman–Crippen MR) is 112 cm³/mol. The highest BCUT2D eigenvalue weighted by molar-refractivity contribution is 9.10. The van der Waals surface area contributed by atoms with Crippen LogP contribution in [0.4, 0.5) is 0 Å². The van der Waals surface area contributed by atoms with Crippen molar-refractivity contribution in [2.45, 2.75) is 26.8 Å². The van der Waals surface area contributed by atoms with Crippen LogP contribution in [-0.2, 0) is 9.47 Å². The summed E-state index contributed by atoms with van der Waals surface area (Å²) in [6, 6.07) is 5.82. The first-order chi connectivity index (χ1) is 12.4. The number of hydrogen-bond donors (Lipinski definition) is 0. The molecule has 0 saturated carbocycles. The predicted octanol–water partition coefficient (Wildman–Crippen LogP) is 5.07. The van der Waals surface area contributed by atoms with Crippen molar-refractivity contribution in [2.24, 2.45) is 15.9 Å². The van der Waals surface area contributed by atoms with Crippen LogP contribution in [0.3, 0.4) is 0 Å². The number of pyridine rings is 1. The average molecular weight is 441 g/mol. The molecule has 2 aromatic rings. The van der Waals surface area contributed by atoms with E-state index in [4.69, 9.17) is 21.1 Å². The van der Waals surface area contributed by atoms with Gasteiger partial charge in [-0.3, -0.25) is 4.98 Å². The van der Waals surface area contributed by atoms with Crippen molar-refractivity contribution in [3.05, 3.63) is 39.5 Å². The molecule has 0 N–H and O–H groups in total. The normalized spacial score (nSPS) is 16.5. The van der Waals surface area contributed by atoms with Gasteiger partial charge >= 0.3 is 0 Å². The molecule has 2 heterocycles. The molecule has 0 radical (unpaired) electrons. The van der Waals surface area contributed by atoms with Gasteiger partial charge in [0.1, 0.15) is 12.6 Å². The fraction of sp³-hybridized carbons (Fsp3) is 0.421. The molecule has 3 rings (SSSR count). The van der Waals surface area contributed by atoms with Crippen LogP contribution >= 0.6 is 27.5 Å². The van der Waals surface area contributed by atoms with Gasteiger partial charge in [0.25, 0.3) is 0 Å². The Morgan fingerprint density at radius 2 is 1.92 bits per heavy atom. The van der Waals surface area contributed by atoms with Gasteiger partial charge in [-0.25, -0.2) is 9.98 Å². The highest BCUT2D eigenvalue weighted by atomic mass is 79.9. The molecule has 0 spiro atoms. The number of rotatable bonds is 1. The minimum Gasteiger partial charge on any atom is -0.483 e. The monoisotopic (exact) mass is 439 g/mol. The molecule has 26 heavy (non-hydrogen) atoms. The summed E-state index contributed by atoms with van der Waals surface area (Å²) in [5.74, 6) is 1.76. The fourth-order valence-corrected chi connectivity index (χ4v) is 3.45. The first-order valence-corrected chi connectivity index (χ1v) is 9.44. The summed E-state index contributed by atoms with van der Waals surface area (Å²) in [6.07, 6.45) is 1.73. The van der Waals surface area contributed by atoms with E-state index >= 15 is 0 Å². The molecule has 140 valence electrons. The number of aromatic nitrogens is 1. The van der Waals surface area contributed by atoms with Gasteiger partial charge in [-0.1, -0.05) is 47.4 Å². The number of benzene rings is 1. The van der Waals surface area contributed by atoms with Crippen LogP contribution in [0.15, 0.2) is 38.9 Å². The molecule has 5 nitrogen and oxygen atoms in total. The summed E-state index contributed by atoms with van der Waals surface area (Å²) in [7, 11) is 3.24. The zero-order chi connectivity index (χ0) is 19.3. The highest BCUT2D eigenvalue weighted by Crippen LogP contribution is 2.30. The highest BCUT2D eigenvalue weighted by Gasteiger charge is 2.24. The van der Waals surface area contributed by atoms with Gasteiger partial charge in [0.05, 0.1) is 24.8 Å². The maximum atomic E-state index is 6.06. The van der Waals surface area contributed by atoms with Crippen molar-refractivity contribution < 1.29 is 9.47 Å². The summed E-state index contributed by atoms with van der Waals surface area (Å²) >= 11 is 9.52. The second-order valence-electron chi connectivity index (χ2n) is 6.16. The molecule has 1 atom stereocenters. The second-order valence-corrected chi connectivity index (χ2v) is 7.42. The Morgan fingerprint density at radius 3 is 2.50 bits per heavy atom. The topological polar surface area (TPSA) is 56.1 Å². The molecule has 1 aliphatic rings. The van der Waals surface area contributed by atoms with E-state index in [-0.39, 0.29) is 6.04 Å². The van der Waals surface area contributed by atoms with Crippen molar-refractivity contribution in [1.82, 2.24) is 4.98 Å². The van der Waals surface area contributed by atoms with Crippen LogP contribution in [0.1, 0.15) is 19.4 Å². The number of hydrogen-bond acceptors (Lipinski definition) is 5. The van der Waals surface area contributed by atoms with Crippen molar-refractivity contribution >= 4 is 50.2 Å². The summed E-state index contributed by atoms with van der Waals surface area (Å²) in [4.78, 5) is 12.9. The number of ether oxygens (including phenoxy) is 2. The lowest BCUT2D eigenvalue weighted by molar-refractivity contribution is 0.344. The molecular weight excluding hydrogens is 418 g/mol. The average Bonchev–Trinajstić information content (AvgIpc) is 2.64. The Bertz CT molecular complexity index is 829. The van der Waals surface area contributed by atoms with E-state index in [2.05, 4.69) is 44.7 Å². The van der Waals surface area contributed by atoms with Crippen LogP contribution < -0.4 is 0 Å². The summed E-state index contributed by atoms with van der Waals surface area (Å²) in [5, 5.41) is 1.73. The lowest BCUT2D eigenvalue weighted by Gasteiger charge is -2.22. The van der Waals surface area contributed by atoms with E-state index in [1.165, 1.54) is 0 Å². The standard InChI is InChI=1S/C10H7BrClN.C9H16N2O2/c1-6-2-3-7(11)9-8(12)4-5-13-10(6)9;1-6(2)8-9(13-4)10-5-7(11-8)12-3/h2-5H,1H3;6,8H,5H2,1-4H3. The third kappa shape index (κ3) is 4.74. The number of halogens is 2. The van der Waals surface area contributed by atoms with Gasteiger partial charge in [-0.2, -0.15) is 0 Å². The SMILES string of the molecule is COC1=NC(C(C)C)C(OC)=NC1.Cc1ccc(Br)c2c(Cl)ccnc12. The van der Waals surface area contributed by atoms with Crippen molar-refractivity contribution in [3.8, 4) is 0 Å². The number of aliphatic imine (C=N–C) groups is 2. The van der Waals surface area contributed by atoms with Crippen molar-refractivity contribution in [3.63, 3.8) is 0 Å². The fourth-order valence-electron chi connectivity index (χ4n) is 2.55. The number of nitrogens with zero attached hydrogens (tertiary/aromatic N) is 3. The Labute approximate surface area is 167 Å². The Hall–Kier alpha value is -1.66. The van der Waals surface area contributed by atoms with Crippen molar-refractivity contribution in [1.29, 1.82) is 0 Å². The van der Waals surface area contributed by atoms with Crippen LogP contribution in [0.25, 0.3) is 10.9 Å². The zero-order valence-corrected chi connectivity index (χ0v) is 17.9. The Kier molecular flexibility index (Phi) is 7.41. The summed E-state index contributed by atoms with van der Waals surface area (Å²) in [6.45, 7) is 6.68. The van der Waals surface area contributed by atoms with Crippen LogP contribution in [0, 0.1) is 12.8 Å². The number of aryl methyl sites for hydroxylation is 1.